The molecule has 0 aliphatic carbocycles. The van der Waals surface area contributed by atoms with Crippen LogP contribution in [0.2, 0.25) is 0 Å². The van der Waals surface area contributed by atoms with Crippen molar-refractivity contribution in [3.05, 3.63) is 35.4 Å². The zero-order chi connectivity index (χ0) is 10.4. The molecule has 0 radical (unpaired) electrons. The van der Waals surface area contributed by atoms with E-state index in [0.29, 0.717) is 0 Å². The number of hydrogen-bond donors (Lipinski definition) is 1. The Hall–Kier alpha value is -1.37. The Morgan fingerprint density at radius 1 is 1.43 bits per heavy atom. The monoisotopic (exact) mass is 189 g/mol. The Morgan fingerprint density at radius 2 is 2.14 bits per heavy atom. The molecule has 1 aromatic rings. The summed E-state index contributed by atoms with van der Waals surface area (Å²) in [7, 11) is 1.88. The first-order valence-electron chi connectivity index (χ1n) is 4.74. The highest BCUT2D eigenvalue weighted by Crippen LogP contribution is 2.18. The number of nitrogens with one attached hydrogen (secondary N) is 1. The van der Waals surface area contributed by atoms with Crippen LogP contribution in [-0.2, 0) is 4.79 Å². The van der Waals surface area contributed by atoms with E-state index in [-0.39, 0.29) is 0 Å². The van der Waals surface area contributed by atoms with Crippen LogP contribution in [-0.4, -0.2) is 19.5 Å². The topological polar surface area (TPSA) is 29.1 Å². The summed E-state index contributed by atoms with van der Waals surface area (Å²) >= 11 is 0. The first kappa shape index (κ1) is 10.7. The molecule has 0 saturated heterocycles. The van der Waals surface area contributed by atoms with E-state index in [0.717, 1.165) is 29.7 Å². The molecule has 2 nitrogen and oxygen atoms in total. The van der Waals surface area contributed by atoms with Crippen LogP contribution in [0.3, 0.4) is 0 Å². The summed E-state index contributed by atoms with van der Waals surface area (Å²) in [4.78, 5) is 10.8. The molecule has 0 unspecified atom stereocenters. The summed E-state index contributed by atoms with van der Waals surface area (Å²) in [5.41, 5.74) is 2.89. The number of benzene rings is 1. The number of carbonyl (C=O) groups excluding carboxylic acids is 1. The maximum Gasteiger partial charge on any atom is 0.128 e. The van der Waals surface area contributed by atoms with E-state index in [1.54, 1.807) is 0 Å². The third-order valence-electron chi connectivity index (χ3n) is 2.22. The largest absolute Gasteiger partial charge is 0.319 e. The molecule has 0 heterocycles. The minimum absolute atomic E-state index is 0.727. The first-order chi connectivity index (χ1) is 6.79. The minimum atomic E-state index is 0.727. The predicted molar refractivity (Wildman–Crippen MR) is 58.8 cm³/mol. The fourth-order valence-corrected chi connectivity index (χ4v) is 1.40. The van der Waals surface area contributed by atoms with Gasteiger partial charge in [0.25, 0.3) is 0 Å². The zero-order valence-electron chi connectivity index (χ0n) is 8.63. The van der Waals surface area contributed by atoms with Crippen molar-refractivity contribution < 1.29 is 4.79 Å². The molecule has 0 aromatic heterocycles. The summed E-state index contributed by atoms with van der Waals surface area (Å²) in [6.07, 6.45) is 0.727. The molecule has 14 heavy (non-hydrogen) atoms. The SMILES string of the molecule is CNCCC(=C=O)c1ccccc1C. The summed E-state index contributed by atoms with van der Waals surface area (Å²) < 4.78 is 0. The molecule has 1 rings (SSSR count). The normalized spacial score (nSPS) is 9.57. The maximum absolute atomic E-state index is 10.8. The Balaban J connectivity index is 2.91. The Labute approximate surface area is 84.6 Å². The second kappa shape index (κ2) is 5.38. The van der Waals surface area contributed by atoms with Gasteiger partial charge in [-0.25, -0.2) is 4.79 Å². The lowest BCUT2D eigenvalue weighted by molar-refractivity contribution is 0.568. The van der Waals surface area contributed by atoms with Crippen molar-refractivity contribution in [1.82, 2.24) is 5.32 Å². The summed E-state index contributed by atoms with van der Waals surface area (Å²) in [5.74, 6) is 2.02. The van der Waals surface area contributed by atoms with Crippen LogP contribution in [0, 0.1) is 6.92 Å². The van der Waals surface area contributed by atoms with Gasteiger partial charge >= 0.3 is 0 Å². The molecule has 1 aromatic carbocycles. The highest BCUT2D eigenvalue weighted by Gasteiger charge is 2.04. The van der Waals surface area contributed by atoms with Crippen LogP contribution in [0.5, 0.6) is 0 Å². The van der Waals surface area contributed by atoms with Crippen molar-refractivity contribution in [1.29, 1.82) is 0 Å². The first-order valence-corrected chi connectivity index (χ1v) is 4.74. The van der Waals surface area contributed by atoms with E-state index in [1.165, 1.54) is 0 Å². The predicted octanol–water partition coefficient (Wildman–Crippen LogP) is 1.82. The molecule has 0 saturated carbocycles. The van der Waals surface area contributed by atoms with Gasteiger partial charge in [-0.3, -0.25) is 0 Å². The van der Waals surface area contributed by atoms with Gasteiger partial charge in [-0.05, 0) is 38.1 Å². The van der Waals surface area contributed by atoms with Gasteiger partial charge in [-0.2, -0.15) is 0 Å². The van der Waals surface area contributed by atoms with Crippen LogP contribution in [0.4, 0.5) is 0 Å². The van der Waals surface area contributed by atoms with E-state index >= 15 is 0 Å². The van der Waals surface area contributed by atoms with Crippen molar-refractivity contribution in [2.75, 3.05) is 13.6 Å². The number of rotatable bonds is 4. The zero-order valence-corrected chi connectivity index (χ0v) is 8.63. The van der Waals surface area contributed by atoms with Gasteiger partial charge in [0.2, 0.25) is 0 Å². The van der Waals surface area contributed by atoms with Gasteiger partial charge in [-0.1, -0.05) is 24.3 Å². The molecule has 0 spiro atoms. The van der Waals surface area contributed by atoms with Gasteiger partial charge < -0.3 is 5.32 Å². The lowest BCUT2D eigenvalue weighted by Crippen LogP contribution is -2.08. The molecule has 0 aliphatic rings. The van der Waals surface area contributed by atoms with Crippen molar-refractivity contribution in [3.63, 3.8) is 0 Å². The smallest absolute Gasteiger partial charge is 0.128 e. The third kappa shape index (κ3) is 2.56. The second-order valence-corrected chi connectivity index (χ2v) is 3.25. The molecular weight excluding hydrogens is 174 g/mol. The molecule has 1 N–H and O–H groups in total. The lowest BCUT2D eigenvalue weighted by atomic mass is 9.99. The van der Waals surface area contributed by atoms with Crippen molar-refractivity contribution >= 4 is 11.5 Å². The molecule has 0 fully saturated rings. The average Bonchev–Trinajstić information content (AvgIpc) is 2.21. The third-order valence-corrected chi connectivity index (χ3v) is 2.22. The molecule has 0 atom stereocenters. The van der Waals surface area contributed by atoms with Gasteiger partial charge in [0, 0.05) is 5.57 Å². The van der Waals surface area contributed by atoms with Crippen LogP contribution in [0.25, 0.3) is 5.57 Å². The molecule has 2 heteroatoms. The summed E-state index contributed by atoms with van der Waals surface area (Å²) in [5, 5.41) is 3.02. The van der Waals surface area contributed by atoms with E-state index in [4.69, 9.17) is 0 Å². The second-order valence-electron chi connectivity index (χ2n) is 3.25. The summed E-state index contributed by atoms with van der Waals surface area (Å²) in [6.45, 7) is 2.81. The van der Waals surface area contributed by atoms with Crippen LogP contribution >= 0.6 is 0 Å². The molecule has 0 aliphatic heterocycles. The number of aryl methyl sites for hydroxylation is 1. The molecule has 0 bridgehead atoms. The van der Waals surface area contributed by atoms with E-state index in [1.807, 2.05) is 44.2 Å². The highest BCUT2D eigenvalue weighted by molar-refractivity contribution is 5.88. The van der Waals surface area contributed by atoms with Crippen molar-refractivity contribution in [2.24, 2.45) is 0 Å². The maximum atomic E-state index is 10.8. The minimum Gasteiger partial charge on any atom is -0.319 e. The molecule has 0 amide bonds. The quantitative estimate of drug-likeness (QED) is 0.732. The molecular formula is C12H15NO. The molecule has 74 valence electrons. The van der Waals surface area contributed by atoms with E-state index in [2.05, 4.69) is 5.32 Å². The van der Waals surface area contributed by atoms with Crippen molar-refractivity contribution in [3.8, 4) is 0 Å². The Kier molecular flexibility index (Phi) is 4.11. The summed E-state index contributed by atoms with van der Waals surface area (Å²) in [6, 6.07) is 7.88. The fraction of sp³-hybridized carbons (Fsp3) is 0.333. The lowest BCUT2D eigenvalue weighted by Gasteiger charge is -2.06. The van der Waals surface area contributed by atoms with Gasteiger partial charge in [0.1, 0.15) is 5.94 Å². The highest BCUT2D eigenvalue weighted by atomic mass is 16.1. The standard InChI is InChI=1S/C12H15NO/c1-10-5-3-4-6-12(10)11(9-14)7-8-13-2/h3-6,13H,7-8H2,1-2H3. The Bertz CT molecular complexity index is 351. The van der Waals surface area contributed by atoms with E-state index in [9.17, 15) is 4.79 Å². The Morgan fingerprint density at radius 3 is 2.71 bits per heavy atom. The fourth-order valence-electron chi connectivity index (χ4n) is 1.40. The average molecular weight is 189 g/mol. The number of hydrogen-bond acceptors (Lipinski definition) is 2. The van der Waals surface area contributed by atoms with Gasteiger partial charge in [-0.15, -0.1) is 0 Å². The van der Waals surface area contributed by atoms with Crippen LogP contribution in [0.1, 0.15) is 17.5 Å². The van der Waals surface area contributed by atoms with Gasteiger partial charge in [0.05, 0.1) is 0 Å². The van der Waals surface area contributed by atoms with Crippen molar-refractivity contribution in [2.45, 2.75) is 13.3 Å². The van der Waals surface area contributed by atoms with Crippen LogP contribution < -0.4 is 5.32 Å². The van der Waals surface area contributed by atoms with Crippen LogP contribution in [0.15, 0.2) is 24.3 Å². The van der Waals surface area contributed by atoms with E-state index < -0.39 is 0 Å². The van der Waals surface area contributed by atoms with Gasteiger partial charge in [0.15, 0.2) is 0 Å².